The lowest BCUT2D eigenvalue weighted by molar-refractivity contribution is -0.125. The molecule has 0 aliphatic carbocycles. The van der Waals surface area contributed by atoms with Crippen LogP contribution in [0, 0.1) is 0 Å². The molecule has 0 fully saturated rings. The van der Waals surface area contributed by atoms with Gasteiger partial charge in [0.15, 0.2) is 6.10 Å². The van der Waals surface area contributed by atoms with Crippen molar-refractivity contribution in [3.63, 3.8) is 0 Å². The Balaban J connectivity index is 1.92. The first-order valence-electron chi connectivity index (χ1n) is 6.93. The number of halogens is 1. The van der Waals surface area contributed by atoms with Crippen molar-refractivity contribution in [2.24, 2.45) is 5.73 Å². The molecule has 2 aromatic carbocycles. The van der Waals surface area contributed by atoms with Crippen LogP contribution < -0.4 is 5.73 Å². The van der Waals surface area contributed by atoms with Crippen LogP contribution in [0.25, 0.3) is 0 Å². The highest BCUT2D eigenvalue weighted by Crippen LogP contribution is 2.24. The van der Waals surface area contributed by atoms with E-state index in [1.807, 2.05) is 36.4 Å². The van der Waals surface area contributed by atoms with E-state index in [-0.39, 0.29) is 0 Å². The fraction of sp³-hybridized carbons (Fsp3) is 0.176. The van der Waals surface area contributed by atoms with Gasteiger partial charge in [0, 0.05) is 15.7 Å². The number of carbonyl (C=O) groups excluding carboxylic acids is 2. The number of nitrogens with two attached hydrogens (primary N) is 1. The van der Waals surface area contributed by atoms with Crippen LogP contribution in [0.3, 0.4) is 0 Å². The fourth-order valence-electron chi connectivity index (χ4n) is 1.72. The minimum atomic E-state index is -0.942. The maximum atomic E-state index is 11.8. The zero-order chi connectivity index (χ0) is 16.8. The molecule has 2 aromatic rings. The van der Waals surface area contributed by atoms with Crippen LogP contribution in [0.4, 0.5) is 0 Å². The van der Waals surface area contributed by atoms with E-state index < -0.39 is 18.0 Å². The maximum Gasteiger partial charge on any atom is 0.338 e. The number of thioether (sulfide) groups is 1. The molecule has 0 aliphatic heterocycles. The van der Waals surface area contributed by atoms with Gasteiger partial charge in [0.05, 0.1) is 5.56 Å². The third-order valence-corrected chi connectivity index (χ3v) is 4.43. The van der Waals surface area contributed by atoms with Crippen molar-refractivity contribution >= 4 is 35.2 Å². The van der Waals surface area contributed by atoms with Crippen molar-refractivity contribution in [3.05, 3.63) is 64.7 Å². The summed E-state index contributed by atoms with van der Waals surface area (Å²) in [6, 6.07) is 14.7. The Morgan fingerprint density at radius 3 is 2.30 bits per heavy atom. The summed E-state index contributed by atoms with van der Waals surface area (Å²) in [6.45, 7) is 1.44. The molecule has 0 radical (unpaired) electrons. The van der Waals surface area contributed by atoms with Crippen molar-refractivity contribution in [3.8, 4) is 0 Å². The van der Waals surface area contributed by atoms with Crippen molar-refractivity contribution in [1.29, 1.82) is 0 Å². The van der Waals surface area contributed by atoms with E-state index in [2.05, 4.69) is 0 Å². The number of benzene rings is 2. The lowest BCUT2D eigenvalue weighted by atomic mass is 10.1. The van der Waals surface area contributed by atoms with Crippen LogP contribution >= 0.6 is 23.4 Å². The molecule has 23 heavy (non-hydrogen) atoms. The SMILES string of the molecule is C[C@@H](OC(=O)c1ccc(CSc2ccc(Cl)cc2)cc1)C(N)=O. The van der Waals surface area contributed by atoms with E-state index >= 15 is 0 Å². The molecule has 4 nitrogen and oxygen atoms in total. The highest BCUT2D eigenvalue weighted by Gasteiger charge is 2.15. The molecule has 1 amide bonds. The average molecular weight is 350 g/mol. The van der Waals surface area contributed by atoms with E-state index in [0.29, 0.717) is 10.6 Å². The van der Waals surface area contributed by atoms with E-state index in [0.717, 1.165) is 16.2 Å². The van der Waals surface area contributed by atoms with Crippen LogP contribution in [0.1, 0.15) is 22.8 Å². The summed E-state index contributed by atoms with van der Waals surface area (Å²) in [6.07, 6.45) is -0.942. The molecule has 0 bridgehead atoms. The predicted molar refractivity (Wildman–Crippen MR) is 91.5 cm³/mol. The Labute approximate surface area is 144 Å². The van der Waals surface area contributed by atoms with Crippen LogP contribution in [0.5, 0.6) is 0 Å². The molecule has 1 atom stereocenters. The number of hydrogen-bond acceptors (Lipinski definition) is 4. The van der Waals surface area contributed by atoms with Crippen LogP contribution in [0.15, 0.2) is 53.4 Å². The third kappa shape index (κ3) is 5.30. The van der Waals surface area contributed by atoms with Crippen molar-refractivity contribution in [1.82, 2.24) is 0 Å². The van der Waals surface area contributed by atoms with Gasteiger partial charge in [0.1, 0.15) is 0 Å². The average Bonchev–Trinajstić information content (AvgIpc) is 2.54. The van der Waals surface area contributed by atoms with Gasteiger partial charge in [-0.1, -0.05) is 23.7 Å². The van der Waals surface area contributed by atoms with E-state index in [1.54, 1.807) is 23.9 Å². The van der Waals surface area contributed by atoms with Crippen LogP contribution in [-0.4, -0.2) is 18.0 Å². The molecule has 0 spiro atoms. The van der Waals surface area contributed by atoms with Crippen LogP contribution in [-0.2, 0) is 15.3 Å². The summed E-state index contributed by atoms with van der Waals surface area (Å²) in [5.74, 6) is -0.461. The first kappa shape index (κ1) is 17.4. The molecule has 0 aromatic heterocycles. The first-order valence-corrected chi connectivity index (χ1v) is 8.29. The normalized spacial score (nSPS) is 11.7. The van der Waals surface area contributed by atoms with E-state index in [1.165, 1.54) is 6.92 Å². The number of amides is 1. The Morgan fingerprint density at radius 2 is 1.74 bits per heavy atom. The molecule has 0 saturated heterocycles. The minimum absolute atomic E-state index is 0.387. The maximum absolute atomic E-state index is 11.8. The van der Waals surface area contributed by atoms with Gasteiger partial charge in [-0.25, -0.2) is 4.79 Å². The second-order valence-electron chi connectivity index (χ2n) is 4.89. The van der Waals surface area contributed by atoms with Crippen molar-refractivity contribution in [2.45, 2.75) is 23.7 Å². The van der Waals surface area contributed by atoms with Gasteiger partial charge in [0.25, 0.3) is 5.91 Å². The third-order valence-electron chi connectivity index (χ3n) is 3.09. The van der Waals surface area contributed by atoms with Crippen molar-refractivity contribution < 1.29 is 14.3 Å². The summed E-state index contributed by atoms with van der Waals surface area (Å²) >= 11 is 7.52. The standard InChI is InChI=1S/C17H16ClNO3S/c1-11(16(19)20)22-17(21)13-4-2-12(3-5-13)10-23-15-8-6-14(18)7-9-15/h2-9,11H,10H2,1H3,(H2,19,20)/t11-/m1/s1. The molecule has 0 saturated carbocycles. The summed E-state index contributed by atoms with van der Waals surface area (Å²) in [5, 5.41) is 0.711. The summed E-state index contributed by atoms with van der Waals surface area (Å²) in [4.78, 5) is 23.8. The molecule has 120 valence electrons. The molecular weight excluding hydrogens is 334 g/mol. The number of carbonyl (C=O) groups is 2. The Morgan fingerprint density at radius 1 is 1.13 bits per heavy atom. The Kier molecular flexibility index (Phi) is 6.07. The number of rotatable bonds is 6. The smallest absolute Gasteiger partial charge is 0.338 e. The molecule has 2 rings (SSSR count). The van der Waals surface area contributed by atoms with Gasteiger partial charge in [-0.05, 0) is 48.9 Å². The molecule has 0 unspecified atom stereocenters. The minimum Gasteiger partial charge on any atom is -0.449 e. The number of ether oxygens (including phenoxy) is 1. The second-order valence-corrected chi connectivity index (χ2v) is 6.37. The first-order chi connectivity index (χ1) is 11.0. The van der Waals surface area contributed by atoms with Gasteiger partial charge in [-0.3, -0.25) is 4.79 Å². The summed E-state index contributed by atoms with van der Waals surface area (Å²) in [5.41, 5.74) is 6.52. The highest BCUT2D eigenvalue weighted by molar-refractivity contribution is 7.98. The Hall–Kier alpha value is -1.98. The van der Waals surface area contributed by atoms with Gasteiger partial charge >= 0.3 is 5.97 Å². The molecular formula is C17H16ClNO3S. The topological polar surface area (TPSA) is 69.4 Å². The quantitative estimate of drug-likeness (QED) is 0.638. The van der Waals surface area contributed by atoms with Crippen molar-refractivity contribution in [2.75, 3.05) is 0 Å². The molecule has 6 heteroatoms. The lowest BCUT2D eigenvalue weighted by Gasteiger charge is -2.09. The van der Waals surface area contributed by atoms with Crippen LogP contribution in [0.2, 0.25) is 5.02 Å². The molecule has 0 heterocycles. The zero-order valence-electron chi connectivity index (χ0n) is 12.5. The predicted octanol–water partition coefficient (Wildman–Crippen LogP) is 3.66. The molecule has 0 aliphatic rings. The summed E-state index contributed by atoms with van der Waals surface area (Å²) in [7, 11) is 0. The van der Waals surface area contributed by atoms with E-state index in [9.17, 15) is 9.59 Å². The highest BCUT2D eigenvalue weighted by atomic mass is 35.5. The largest absolute Gasteiger partial charge is 0.449 e. The lowest BCUT2D eigenvalue weighted by Crippen LogP contribution is -2.30. The van der Waals surface area contributed by atoms with Gasteiger partial charge in [-0.15, -0.1) is 11.8 Å². The Bertz CT molecular complexity index is 686. The zero-order valence-corrected chi connectivity index (χ0v) is 14.1. The second kappa shape index (κ2) is 8.04. The van der Waals surface area contributed by atoms with E-state index in [4.69, 9.17) is 22.1 Å². The molecule has 2 N–H and O–H groups in total. The number of primary amides is 1. The van der Waals surface area contributed by atoms with Gasteiger partial charge in [-0.2, -0.15) is 0 Å². The van der Waals surface area contributed by atoms with Gasteiger partial charge < -0.3 is 10.5 Å². The fourth-order valence-corrected chi connectivity index (χ4v) is 2.70. The number of esters is 1. The number of hydrogen-bond donors (Lipinski definition) is 1. The van der Waals surface area contributed by atoms with Gasteiger partial charge in [0.2, 0.25) is 0 Å². The summed E-state index contributed by atoms with van der Waals surface area (Å²) < 4.78 is 4.95. The monoisotopic (exact) mass is 349 g/mol.